The number of piperidine rings is 1. The van der Waals surface area contributed by atoms with Crippen LogP contribution in [0.2, 0.25) is 5.02 Å². The summed E-state index contributed by atoms with van der Waals surface area (Å²) in [6.45, 7) is 1.23. The summed E-state index contributed by atoms with van der Waals surface area (Å²) in [6, 6.07) is 8.29. The molecule has 152 valence electrons. The first-order valence-corrected chi connectivity index (χ1v) is 11.1. The van der Waals surface area contributed by atoms with E-state index in [0.29, 0.717) is 41.5 Å². The van der Waals surface area contributed by atoms with Crippen molar-refractivity contribution in [1.82, 2.24) is 4.90 Å². The average Bonchev–Trinajstić information content (AvgIpc) is 3.41. The number of carbonyl (C=O) groups is 3. The van der Waals surface area contributed by atoms with Gasteiger partial charge in [0, 0.05) is 25.2 Å². The minimum absolute atomic E-state index is 0.0737. The van der Waals surface area contributed by atoms with E-state index in [0.717, 1.165) is 24.9 Å². The normalized spacial score (nSPS) is 19.5. The molecule has 0 bridgehead atoms. The van der Waals surface area contributed by atoms with Crippen LogP contribution in [-0.2, 0) is 9.59 Å². The second-order valence-corrected chi connectivity index (χ2v) is 8.64. The molecule has 8 heteroatoms. The number of anilines is 2. The number of nitrogens with one attached hydrogen (secondary N) is 1. The maximum Gasteiger partial charge on any atom is 0.264 e. The summed E-state index contributed by atoms with van der Waals surface area (Å²) >= 11 is 7.69. The number of carbonyl (C=O) groups excluding carboxylic acids is 3. The quantitative estimate of drug-likeness (QED) is 0.790. The van der Waals surface area contributed by atoms with E-state index in [9.17, 15) is 14.4 Å². The van der Waals surface area contributed by atoms with Gasteiger partial charge < -0.3 is 15.1 Å². The molecule has 3 heterocycles. The molecule has 1 atom stereocenters. The maximum atomic E-state index is 13.1. The van der Waals surface area contributed by atoms with Crippen molar-refractivity contribution in [2.45, 2.75) is 38.1 Å². The molecule has 0 spiro atoms. The molecule has 6 nitrogen and oxygen atoms in total. The first kappa shape index (κ1) is 19.9. The van der Waals surface area contributed by atoms with Crippen molar-refractivity contribution in [3.05, 3.63) is 45.6 Å². The Morgan fingerprint density at radius 2 is 2.00 bits per heavy atom. The molecule has 4 rings (SSSR count). The number of halogens is 1. The Kier molecular flexibility index (Phi) is 5.87. The molecule has 2 aromatic rings. The molecule has 1 aromatic heterocycles. The van der Waals surface area contributed by atoms with Gasteiger partial charge in [-0.05, 0) is 55.3 Å². The van der Waals surface area contributed by atoms with Gasteiger partial charge in [-0.15, -0.1) is 11.3 Å². The average molecular weight is 432 g/mol. The van der Waals surface area contributed by atoms with Crippen LogP contribution in [0.25, 0.3) is 0 Å². The molecule has 0 saturated carbocycles. The zero-order valence-electron chi connectivity index (χ0n) is 15.9. The molecule has 2 fully saturated rings. The van der Waals surface area contributed by atoms with Gasteiger partial charge in [0.2, 0.25) is 11.8 Å². The van der Waals surface area contributed by atoms with E-state index in [1.165, 1.54) is 11.3 Å². The second kappa shape index (κ2) is 8.55. The molecule has 0 aliphatic carbocycles. The fourth-order valence-corrected chi connectivity index (χ4v) is 4.75. The third kappa shape index (κ3) is 4.16. The van der Waals surface area contributed by atoms with Crippen molar-refractivity contribution in [3.63, 3.8) is 0 Å². The van der Waals surface area contributed by atoms with Crippen LogP contribution in [0.5, 0.6) is 0 Å². The number of thiophene rings is 1. The summed E-state index contributed by atoms with van der Waals surface area (Å²) < 4.78 is 0. The largest absolute Gasteiger partial charge is 0.326 e. The Balaban J connectivity index is 1.53. The lowest BCUT2D eigenvalue weighted by Gasteiger charge is -2.34. The van der Waals surface area contributed by atoms with Crippen LogP contribution < -0.4 is 10.2 Å². The molecule has 2 aliphatic heterocycles. The summed E-state index contributed by atoms with van der Waals surface area (Å²) in [4.78, 5) is 41.9. The molecule has 0 radical (unpaired) electrons. The van der Waals surface area contributed by atoms with Crippen molar-refractivity contribution in [1.29, 1.82) is 0 Å². The Morgan fingerprint density at radius 3 is 2.72 bits per heavy atom. The Labute approximate surface area is 178 Å². The number of hydrogen-bond acceptors (Lipinski definition) is 4. The first-order valence-electron chi connectivity index (χ1n) is 9.80. The predicted octanol–water partition coefficient (Wildman–Crippen LogP) is 4.16. The molecule has 1 N–H and O–H groups in total. The van der Waals surface area contributed by atoms with Crippen LogP contribution >= 0.6 is 22.9 Å². The van der Waals surface area contributed by atoms with E-state index in [1.807, 2.05) is 11.4 Å². The Hall–Kier alpha value is -2.38. The van der Waals surface area contributed by atoms with E-state index in [1.54, 1.807) is 34.1 Å². The van der Waals surface area contributed by atoms with Crippen LogP contribution in [0, 0.1) is 0 Å². The molecule has 1 aromatic carbocycles. The van der Waals surface area contributed by atoms with Gasteiger partial charge in [-0.3, -0.25) is 14.4 Å². The Bertz CT molecular complexity index is 931. The number of nitrogens with zero attached hydrogens (tertiary/aromatic N) is 2. The smallest absolute Gasteiger partial charge is 0.264 e. The minimum Gasteiger partial charge on any atom is -0.326 e. The van der Waals surface area contributed by atoms with Gasteiger partial charge in [-0.1, -0.05) is 17.7 Å². The molecule has 3 amide bonds. The first-order chi connectivity index (χ1) is 14.0. The highest BCUT2D eigenvalue weighted by atomic mass is 35.5. The van der Waals surface area contributed by atoms with Crippen molar-refractivity contribution in [2.24, 2.45) is 0 Å². The Morgan fingerprint density at radius 1 is 1.14 bits per heavy atom. The highest BCUT2D eigenvalue weighted by Crippen LogP contribution is 2.31. The summed E-state index contributed by atoms with van der Waals surface area (Å²) in [6.07, 6.45) is 3.75. The molecule has 2 saturated heterocycles. The van der Waals surface area contributed by atoms with E-state index < -0.39 is 6.04 Å². The molecular weight excluding hydrogens is 410 g/mol. The van der Waals surface area contributed by atoms with E-state index in [-0.39, 0.29) is 17.7 Å². The topological polar surface area (TPSA) is 69.7 Å². The van der Waals surface area contributed by atoms with Gasteiger partial charge in [-0.2, -0.15) is 0 Å². The second-order valence-electron chi connectivity index (χ2n) is 7.29. The highest BCUT2D eigenvalue weighted by Gasteiger charge is 2.33. The summed E-state index contributed by atoms with van der Waals surface area (Å²) in [7, 11) is 0. The van der Waals surface area contributed by atoms with Crippen LogP contribution in [0.1, 0.15) is 41.8 Å². The van der Waals surface area contributed by atoms with Crippen LogP contribution in [0.4, 0.5) is 11.4 Å². The molecule has 1 unspecified atom stereocenters. The van der Waals surface area contributed by atoms with Gasteiger partial charge in [-0.25, -0.2) is 0 Å². The monoisotopic (exact) mass is 431 g/mol. The zero-order valence-corrected chi connectivity index (χ0v) is 17.5. The minimum atomic E-state index is -0.536. The third-order valence-corrected chi connectivity index (χ3v) is 6.58. The van der Waals surface area contributed by atoms with E-state index >= 15 is 0 Å². The van der Waals surface area contributed by atoms with Crippen LogP contribution in [-0.4, -0.2) is 41.8 Å². The van der Waals surface area contributed by atoms with Gasteiger partial charge in [0.25, 0.3) is 5.91 Å². The third-order valence-electron chi connectivity index (χ3n) is 5.39. The number of likely N-dealkylation sites (tertiary alicyclic amines) is 1. The molecular formula is C21H22ClN3O3S. The van der Waals surface area contributed by atoms with Crippen molar-refractivity contribution >= 4 is 52.0 Å². The number of rotatable bonds is 4. The number of amides is 3. The fraction of sp³-hybridized carbons (Fsp3) is 0.381. The number of hydrogen-bond donors (Lipinski definition) is 1. The lowest BCUT2D eigenvalue weighted by atomic mass is 10.0. The van der Waals surface area contributed by atoms with Crippen LogP contribution in [0.15, 0.2) is 35.7 Å². The van der Waals surface area contributed by atoms with Gasteiger partial charge in [0.15, 0.2) is 0 Å². The maximum absolute atomic E-state index is 13.1. The number of benzene rings is 1. The van der Waals surface area contributed by atoms with Crippen molar-refractivity contribution in [3.8, 4) is 0 Å². The predicted molar refractivity (Wildman–Crippen MR) is 115 cm³/mol. The van der Waals surface area contributed by atoms with Gasteiger partial charge >= 0.3 is 0 Å². The summed E-state index contributed by atoms with van der Waals surface area (Å²) in [5.41, 5.74) is 1.19. The van der Waals surface area contributed by atoms with E-state index in [2.05, 4.69) is 5.32 Å². The SMILES string of the molecule is O=C(Nc1cc(N2CCCC2=O)ccc1Cl)C1CCCCN1C(=O)c1cccs1. The van der Waals surface area contributed by atoms with Gasteiger partial charge in [0.05, 0.1) is 15.6 Å². The molecule has 2 aliphatic rings. The zero-order chi connectivity index (χ0) is 20.4. The highest BCUT2D eigenvalue weighted by molar-refractivity contribution is 7.12. The summed E-state index contributed by atoms with van der Waals surface area (Å²) in [5.74, 6) is -0.284. The van der Waals surface area contributed by atoms with E-state index in [4.69, 9.17) is 11.6 Å². The van der Waals surface area contributed by atoms with Crippen LogP contribution in [0.3, 0.4) is 0 Å². The van der Waals surface area contributed by atoms with Crippen molar-refractivity contribution in [2.75, 3.05) is 23.3 Å². The molecule has 29 heavy (non-hydrogen) atoms. The fourth-order valence-electron chi connectivity index (χ4n) is 3.90. The van der Waals surface area contributed by atoms with Gasteiger partial charge in [0.1, 0.15) is 6.04 Å². The van der Waals surface area contributed by atoms with Crippen molar-refractivity contribution < 1.29 is 14.4 Å². The standard InChI is InChI=1S/C21H22ClN3O3S/c22-15-9-8-14(24-11-3-7-19(24)26)13-16(15)23-20(27)17-5-1-2-10-25(17)21(28)18-6-4-12-29-18/h4,6,8-9,12-13,17H,1-3,5,7,10-11H2,(H,23,27). The lowest BCUT2D eigenvalue weighted by molar-refractivity contribution is -0.121. The summed E-state index contributed by atoms with van der Waals surface area (Å²) in [5, 5.41) is 5.15. The lowest BCUT2D eigenvalue weighted by Crippen LogP contribution is -2.49.